The second-order valence-corrected chi connectivity index (χ2v) is 5.48. The summed E-state index contributed by atoms with van der Waals surface area (Å²) in [6, 6.07) is 4.22. The van der Waals surface area contributed by atoms with E-state index in [1.807, 2.05) is 4.90 Å². The number of nitrogens with zero attached hydrogens (tertiary/aromatic N) is 1. The van der Waals surface area contributed by atoms with Gasteiger partial charge in [-0.2, -0.15) is 0 Å². The molecule has 2 unspecified atom stereocenters. The number of fused-ring (bicyclic) bond motifs is 2. The Kier molecular flexibility index (Phi) is 2.96. The maximum Gasteiger partial charge on any atom is 0.290 e. The van der Waals surface area contributed by atoms with Crippen molar-refractivity contribution in [1.82, 2.24) is 10.2 Å². The molecule has 0 saturated carbocycles. The van der Waals surface area contributed by atoms with E-state index in [4.69, 9.17) is 4.42 Å². The summed E-state index contributed by atoms with van der Waals surface area (Å²) in [7, 11) is 0. The Morgan fingerprint density at radius 3 is 2.94 bits per heavy atom. The number of hydrogen-bond donors (Lipinski definition) is 1. The summed E-state index contributed by atoms with van der Waals surface area (Å²) in [4.78, 5) is 14.4. The molecule has 1 N–H and O–H groups in total. The van der Waals surface area contributed by atoms with Crippen LogP contribution >= 0.6 is 15.9 Å². The van der Waals surface area contributed by atoms with Gasteiger partial charge in [-0.15, -0.1) is 0 Å². The monoisotopic (exact) mass is 298 g/mol. The van der Waals surface area contributed by atoms with Crippen molar-refractivity contribution in [3.05, 3.63) is 22.6 Å². The molecule has 2 saturated heterocycles. The summed E-state index contributed by atoms with van der Waals surface area (Å²) in [6.07, 6.45) is 3.27. The number of amides is 1. The lowest BCUT2D eigenvalue weighted by molar-refractivity contribution is 0.0646. The van der Waals surface area contributed by atoms with Gasteiger partial charge in [-0.3, -0.25) is 4.79 Å². The third-order valence-corrected chi connectivity index (χ3v) is 4.10. The van der Waals surface area contributed by atoms with Gasteiger partial charge in [-0.05, 0) is 53.9 Å². The number of nitrogens with one attached hydrogen (secondary N) is 1. The van der Waals surface area contributed by atoms with E-state index >= 15 is 0 Å². The quantitative estimate of drug-likeness (QED) is 0.863. The van der Waals surface area contributed by atoms with E-state index < -0.39 is 0 Å². The Morgan fingerprint density at radius 1 is 1.35 bits per heavy atom. The van der Waals surface area contributed by atoms with Crippen LogP contribution in [0.15, 0.2) is 21.2 Å². The topological polar surface area (TPSA) is 45.5 Å². The van der Waals surface area contributed by atoms with Gasteiger partial charge in [0.05, 0.1) is 0 Å². The van der Waals surface area contributed by atoms with Crippen LogP contribution in [0.4, 0.5) is 0 Å². The van der Waals surface area contributed by atoms with Crippen LogP contribution in [0, 0.1) is 0 Å². The van der Waals surface area contributed by atoms with Crippen molar-refractivity contribution < 1.29 is 9.21 Å². The highest BCUT2D eigenvalue weighted by Gasteiger charge is 2.39. The largest absolute Gasteiger partial charge is 0.444 e. The minimum absolute atomic E-state index is 0.0342. The number of carbonyl (C=O) groups excluding carboxylic acids is 1. The fraction of sp³-hybridized carbons (Fsp3) is 0.583. The van der Waals surface area contributed by atoms with Gasteiger partial charge in [0.2, 0.25) is 0 Å². The first-order chi connectivity index (χ1) is 8.25. The van der Waals surface area contributed by atoms with Gasteiger partial charge < -0.3 is 14.6 Å². The number of rotatable bonds is 1. The lowest BCUT2D eigenvalue weighted by Gasteiger charge is -2.26. The first-order valence-corrected chi connectivity index (χ1v) is 6.84. The van der Waals surface area contributed by atoms with E-state index in [1.54, 1.807) is 12.1 Å². The zero-order chi connectivity index (χ0) is 11.8. The summed E-state index contributed by atoms with van der Waals surface area (Å²) >= 11 is 3.24. The molecule has 0 aromatic carbocycles. The Hall–Kier alpha value is -0.810. The molecule has 4 nitrogen and oxygen atoms in total. The minimum atomic E-state index is 0.0342. The lowest BCUT2D eigenvalue weighted by Crippen LogP contribution is -2.42. The van der Waals surface area contributed by atoms with Crippen molar-refractivity contribution in [2.45, 2.75) is 31.3 Å². The molecule has 1 amide bonds. The lowest BCUT2D eigenvalue weighted by atomic mass is 10.1. The van der Waals surface area contributed by atoms with Crippen LogP contribution in [0.5, 0.6) is 0 Å². The van der Waals surface area contributed by atoms with Crippen LogP contribution in [-0.2, 0) is 0 Å². The molecule has 3 heterocycles. The minimum Gasteiger partial charge on any atom is -0.444 e. The predicted octanol–water partition coefficient (Wildman–Crippen LogP) is 2.01. The number of hydrogen-bond acceptors (Lipinski definition) is 3. The van der Waals surface area contributed by atoms with Gasteiger partial charge in [0.15, 0.2) is 10.4 Å². The highest BCUT2D eigenvalue weighted by atomic mass is 79.9. The number of halogens is 1. The van der Waals surface area contributed by atoms with Gasteiger partial charge in [0.25, 0.3) is 5.91 Å². The summed E-state index contributed by atoms with van der Waals surface area (Å²) in [5, 5.41) is 3.39. The molecule has 2 bridgehead atoms. The van der Waals surface area contributed by atoms with Crippen molar-refractivity contribution >= 4 is 21.8 Å². The maximum atomic E-state index is 12.4. The Morgan fingerprint density at radius 2 is 2.18 bits per heavy atom. The predicted molar refractivity (Wildman–Crippen MR) is 66.9 cm³/mol. The molecule has 1 aromatic rings. The summed E-state index contributed by atoms with van der Waals surface area (Å²) in [5.41, 5.74) is 0. The van der Waals surface area contributed by atoms with Crippen LogP contribution in [0.25, 0.3) is 0 Å². The summed E-state index contributed by atoms with van der Waals surface area (Å²) < 4.78 is 5.98. The molecule has 17 heavy (non-hydrogen) atoms. The van der Waals surface area contributed by atoms with E-state index in [1.165, 1.54) is 0 Å². The molecular weight excluding hydrogens is 284 g/mol. The van der Waals surface area contributed by atoms with Crippen LogP contribution < -0.4 is 5.32 Å². The van der Waals surface area contributed by atoms with Crippen LogP contribution in [0.1, 0.15) is 29.8 Å². The molecule has 0 spiro atoms. The maximum absolute atomic E-state index is 12.4. The smallest absolute Gasteiger partial charge is 0.290 e. The molecule has 2 fully saturated rings. The Bertz CT molecular complexity index is 418. The van der Waals surface area contributed by atoms with E-state index in [0.717, 1.165) is 32.4 Å². The third kappa shape index (κ3) is 2.02. The third-order valence-electron chi connectivity index (χ3n) is 3.67. The van der Waals surface area contributed by atoms with Crippen LogP contribution in [0.3, 0.4) is 0 Å². The van der Waals surface area contributed by atoms with Crippen molar-refractivity contribution in [2.75, 3.05) is 13.1 Å². The zero-order valence-corrected chi connectivity index (χ0v) is 11.1. The second-order valence-electron chi connectivity index (χ2n) is 4.69. The van der Waals surface area contributed by atoms with Crippen molar-refractivity contribution in [3.63, 3.8) is 0 Å². The van der Waals surface area contributed by atoms with Gasteiger partial charge in [0, 0.05) is 18.6 Å². The van der Waals surface area contributed by atoms with Crippen molar-refractivity contribution in [3.8, 4) is 0 Å². The van der Waals surface area contributed by atoms with E-state index in [2.05, 4.69) is 21.2 Å². The zero-order valence-electron chi connectivity index (χ0n) is 9.49. The SMILES string of the molecule is O=C(c1ccc(Br)o1)N1C2CCNCC1CC2. The highest BCUT2D eigenvalue weighted by Crippen LogP contribution is 2.30. The van der Waals surface area contributed by atoms with Gasteiger partial charge >= 0.3 is 0 Å². The molecule has 1 aromatic heterocycles. The summed E-state index contributed by atoms with van der Waals surface area (Å²) in [6.45, 7) is 1.91. The Labute approximate surface area is 108 Å². The molecule has 3 rings (SSSR count). The molecule has 0 aliphatic carbocycles. The Balaban J connectivity index is 1.85. The van der Waals surface area contributed by atoms with Crippen LogP contribution in [-0.4, -0.2) is 36.0 Å². The molecule has 5 heteroatoms. The highest BCUT2D eigenvalue weighted by molar-refractivity contribution is 9.10. The fourth-order valence-corrected chi connectivity index (χ4v) is 3.18. The first kappa shape index (κ1) is 11.3. The molecule has 2 aliphatic rings. The number of furan rings is 1. The van der Waals surface area contributed by atoms with Crippen LogP contribution in [0.2, 0.25) is 0 Å². The van der Waals surface area contributed by atoms with Crippen molar-refractivity contribution in [1.29, 1.82) is 0 Å². The average molecular weight is 299 g/mol. The first-order valence-electron chi connectivity index (χ1n) is 6.04. The fourth-order valence-electron chi connectivity index (χ4n) is 2.87. The molecule has 2 aliphatic heterocycles. The molecular formula is C12H15BrN2O2. The normalized spacial score (nSPS) is 28.2. The van der Waals surface area contributed by atoms with Gasteiger partial charge in [-0.25, -0.2) is 0 Å². The number of carbonyl (C=O) groups is 1. The average Bonchev–Trinajstić information content (AvgIpc) is 2.81. The van der Waals surface area contributed by atoms with Crippen molar-refractivity contribution in [2.24, 2.45) is 0 Å². The molecule has 2 atom stereocenters. The second kappa shape index (κ2) is 4.46. The molecule has 92 valence electrons. The van der Waals surface area contributed by atoms with E-state index in [-0.39, 0.29) is 5.91 Å². The van der Waals surface area contributed by atoms with E-state index in [9.17, 15) is 4.79 Å². The van der Waals surface area contributed by atoms with Gasteiger partial charge in [-0.1, -0.05) is 0 Å². The summed E-state index contributed by atoms with van der Waals surface area (Å²) in [5.74, 6) is 0.475. The molecule has 0 radical (unpaired) electrons. The van der Waals surface area contributed by atoms with Gasteiger partial charge in [0.1, 0.15) is 0 Å². The standard InChI is InChI=1S/C12H15BrN2O2/c13-11-4-3-10(17-11)12(16)15-8-1-2-9(15)7-14-6-5-8/h3-4,8-9,14H,1-2,5-7H2. The van der Waals surface area contributed by atoms with E-state index in [0.29, 0.717) is 22.5 Å².